The molecule has 1 saturated carbocycles. The van der Waals surface area contributed by atoms with Crippen LogP contribution in [0.15, 0.2) is 35.0 Å². The largest absolute Gasteiger partial charge is 0.339 e. The summed E-state index contributed by atoms with van der Waals surface area (Å²) in [4.78, 5) is 11.4. The Bertz CT molecular complexity index is 921. The fourth-order valence-electron chi connectivity index (χ4n) is 3.75. The maximum atomic E-state index is 14.0. The molecule has 3 aromatic rings. The molecule has 5 nitrogen and oxygen atoms in total. The lowest BCUT2D eigenvalue weighted by Crippen LogP contribution is -2.24. The van der Waals surface area contributed by atoms with Gasteiger partial charge in [0, 0.05) is 24.0 Å². The Morgan fingerprint density at radius 2 is 2.16 bits per heavy atom. The second kappa shape index (κ2) is 5.88. The van der Waals surface area contributed by atoms with Gasteiger partial charge in [0.25, 0.3) is 0 Å². The zero-order chi connectivity index (χ0) is 16.8. The summed E-state index contributed by atoms with van der Waals surface area (Å²) in [5, 5.41) is 5.05. The molecule has 0 spiro atoms. The number of benzene rings is 1. The first kappa shape index (κ1) is 15.0. The second-order valence-electron chi connectivity index (χ2n) is 7.03. The number of aromatic nitrogens is 3. The molecule has 1 unspecified atom stereocenters. The van der Waals surface area contributed by atoms with Crippen molar-refractivity contribution >= 4 is 10.9 Å². The van der Waals surface area contributed by atoms with E-state index in [2.05, 4.69) is 20.0 Å². The van der Waals surface area contributed by atoms with Crippen molar-refractivity contribution in [2.45, 2.75) is 44.2 Å². The Hall–Kier alpha value is -2.34. The molecule has 0 bridgehead atoms. The maximum Gasteiger partial charge on any atom is 0.229 e. The van der Waals surface area contributed by atoms with Crippen molar-refractivity contribution < 1.29 is 8.91 Å². The Morgan fingerprint density at radius 3 is 3.04 bits per heavy atom. The van der Waals surface area contributed by atoms with Crippen molar-refractivity contribution in [2.75, 3.05) is 6.54 Å². The van der Waals surface area contributed by atoms with Crippen LogP contribution in [0.25, 0.3) is 10.9 Å². The molecule has 1 saturated heterocycles. The normalized spacial score (nSPS) is 21.2. The number of halogens is 1. The highest BCUT2D eigenvalue weighted by Crippen LogP contribution is 2.40. The number of hydrogen-bond donors (Lipinski definition) is 0. The fourth-order valence-corrected chi connectivity index (χ4v) is 3.75. The van der Waals surface area contributed by atoms with Gasteiger partial charge >= 0.3 is 0 Å². The lowest BCUT2D eigenvalue weighted by atomic mass is 10.1. The molecule has 3 heterocycles. The van der Waals surface area contributed by atoms with Crippen LogP contribution in [0.5, 0.6) is 0 Å². The van der Waals surface area contributed by atoms with Crippen molar-refractivity contribution in [1.29, 1.82) is 0 Å². The highest BCUT2D eigenvalue weighted by Gasteiger charge is 2.34. The Morgan fingerprint density at radius 1 is 1.24 bits per heavy atom. The number of rotatable bonds is 4. The van der Waals surface area contributed by atoms with E-state index in [0.717, 1.165) is 60.4 Å². The molecule has 1 atom stereocenters. The molecule has 0 amide bonds. The van der Waals surface area contributed by atoms with Gasteiger partial charge in [-0.3, -0.25) is 9.88 Å². The highest BCUT2D eigenvalue weighted by atomic mass is 19.1. The molecule has 0 radical (unpaired) electrons. The van der Waals surface area contributed by atoms with Crippen molar-refractivity contribution in [2.24, 2.45) is 0 Å². The van der Waals surface area contributed by atoms with Gasteiger partial charge in [-0.25, -0.2) is 4.39 Å². The van der Waals surface area contributed by atoms with Crippen LogP contribution in [-0.4, -0.2) is 26.6 Å². The molecule has 6 heteroatoms. The topological polar surface area (TPSA) is 55.1 Å². The molecule has 2 fully saturated rings. The van der Waals surface area contributed by atoms with Gasteiger partial charge in [0.2, 0.25) is 5.89 Å². The van der Waals surface area contributed by atoms with E-state index in [1.54, 1.807) is 12.3 Å². The molecule has 0 N–H and O–H groups in total. The van der Waals surface area contributed by atoms with Crippen LogP contribution in [0.3, 0.4) is 0 Å². The van der Waals surface area contributed by atoms with E-state index >= 15 is 0 Å². The van der Waals surface area contributed by atoms with E-state index in [0.29, 0.717) is 12.5 Å². The summed E-state index contributed by atoms with van der Waals surface area (Å²) < 4.78 is 19.4. The molecule has 1 aliphatic heterocycles. The van der Waals surface area contributed by atoms with Crippen LogP contribution in [-0.2, 0) is 6.54 Å². The van der Waals surface area contributed by atoms with E-state index in [4.69, 9.17) is 4.52 Å². The van der Waals surface area contributed by atoms with E-state index < -0.39 is 0 Å². The van der Waals surface area contributed by atoms with Gasteiger partial charge in [0.15, 0.2) is 5.82 Å². The van der Waals surface area contributed by atoms with E-state index in [1.165, 1.54) is 6.07 Å². The zero-order valence-electron chi connectivity index (χ0n) is 13.9. The minimum atomic E-state index is -0.221. The number of pyridine rings is 1. The molecule has 2 aliphatic rings. The fraction of sp³-hybridized carbons (Fsp3) is 0.421. The molecular formula is C19H19FN4O. The lowest BCUT2D eigenvalue weighted by molar-refractivity contribution is 0.234. The minimum Gasteiger partial charge on any atom is -0.339 e. The van der Waals surface area contributed by atoms with Gasteiger partial charge in [0.05, 0.1) is 11.6 Å². The van der Waals surface area contributed by atoms with Crippen LogP contribution in [0.4, 0.5) is 4.39 Å². The van der Waals surface area contributed by atoms with Crippen LogP contribution in [0.2, 0.25) is 0 Å². The third kappa shape index (κ3) is 2.80. The van der Waals surface area contributed by atoms with Gasteiger partial charge in [-0.2, -0.15) is 4.98 Å². The van der Waals surface area contributed by atoms with Gasteiger partial charge in [0.1, 0.15) is 5.82 Å². The molecular weight excluding hydrogens is 319 g/mol. The third-order valence-corrected chi connectivity index (χ3v) is 5.17. The first-order valence-corrected chi connectivity index (χ1v) is 8.88. The van der Waals surface area contributed by atoms with Crippen molar-refractivity contribution in [3.63, 3.8) is 0 Å². The maximum absolute atomic E-state index is 14.0. The van der Waals surface area contributed by atoms with E-state index in [9.17, 15) is 4.39 Å². The van der Waals surface area contributed by atoms with Crippen molar-refractivity contribution in [3.8, 4) is 0 Å². The number of hydrogen-bond acceptors (Lipinski definition) is 5. The monoisotopic (exact) mass is 338 g/mol. The number of nitrogens with zero attached hydrogens (tertiary/aromatic N) is 4. The average Bonchev–Trinajstić information content (AvgIpc) is 3.16. The molecule has 2 aromatic heterocycles. The summed E-state index contributed by atoms with van der Waals surface area (Å²) in [7, 11) is 0. The predicted octanol–water partition coefficient (Wildman–Crippen LogP) is 3.97. The molecule has 1 aliphatic carbocycles. The smallest absolute Gasteiger partial charge is 0.229 e. The summed E-state index contributed by atoms with van der Waals surface area (Å²) in [6.07, 6.45) is 6.14. The Kier molecular flexibility index (Phi) is 3.52. The van der Waals surface area contributed by atoms with Crippen LogP contribution in [0.1, 0.15) is 54.9 Å². The molecule has 5 rings (SSSR count). The SMILES string of the molecule is Fc1cc(CN2CCCC2c2noc(C3CC3)n2)c2ncccc2c1. The summed E-state index contributed by atoms with van der Waals surface area (Å²) >= 11 is 0. The molecule has 1 aromatic carbocycles. The van der Waals surface area contributed by atoms with Gasteiger partial charge in [-0.1, -0.05) is 11.2 Å². The van der Waals surface area contributed by atoms with E-state index in [1.807, 2.05) is 12.1 Å². The summed E-state index contributed by atoms with van der Waals surface area (Å²) in [6, 6.07) is 7.00. The first-order valence-electron chi connectivity index (χ1n) is 8.88. The Labute approximate surface area is 144 Å². The lowest BCUT2D eigenvalue weighted by Gasteiger charge is -2.22. The first-order chi connectivity index (χ1) is 12.3. The predicted molar refractivity (Wildman–Crippen MR) is 90.4 cm³/mol. The molecule has 128 valence electrons. The van der Waals surface area contributed by atoms with Crippen LogP contribution in [0, 0.1) is 5.82 Å². The second-order valence-corrected chi connectivity index (χ2v) is 7.03. The zero-order valence-corrected chi connectivity index (χ0v) is 13.9. The number of fused-ring (bicyclic) bond motifs is 1. The Balaban J connectivity index is 1.44. The van der Waals surface area contributed by atoms with Gasteiger partial charge < -0.3 is 4.52 Å². The van der Waals surface area contributed by atoms with Crippen molar-refractivity contribution in [1.82, 2.24) is 20.0 Å². The summed E-state index contributed by atoms with van der Waals surface area (Å²) in [5.41, 5.74) is 1.77. The van der Waals surface area contributed by atoms with Crippen LogP contribution < -0.4 is 0 Å². The molecule has 25 heavy (non-hydrogen) atoms. The van der Waals surface area contributed by atoms with Gasteiger partial charge in [-0.05, 0) is 56.0 Å². The average molecular weight is 338 g/mol. The summed E-state index contributed by atoms with van der Waals surface area (Å²) in [6.45, 7) is 1.59. The quantitative estimate of drug-likeness (QED) is 0.720. The van der Waals surface area contributed by atoms with Gasteiger partial charge in [-0.15, -0.1) is 0 Å². The van der Waals surface area contributed by atoms with E-state index in [-0.39, 0.29) is 11.9 Å². The highest BCUT2D eigenvalue weighted by molar-refractivity contribution is 5.81. The van der Waals surface area contributed by atoms with Crippen molar-refractivity contribution in [3.05, 3.63) is 53.6 Å². The third-order valence-electron chi connectivity index (χ3n) is 5.17. The minimum absolute atomic E-state index is 0.137. The summed E-state index contributed by atoms with van der Waals surface area (Å²) in [5.74, 6) is 1.79. The number of likely N-dealkylation sites (tertiary alicyclic amines) is 1. The van der Waals surface area contributed by atoms with Crippen LogP contribution >= 0.6 is 0 Å². The standard InChI is InChI=1S/C19H19FN4O/c20-15-9-13-3-1-7-21-17(13)14(10-15)11-24-8-2-4-16(24)18-22-19(25-23-18)12-5-6-12/h1,3,7,9-10,12,16H,2,4-6,8,11H2.